The molecule has 0 aromatic heterocycles. The molecule has 0 atom stereocenters. The molecule has 0 aliphatic rings. The van der Waals surface area contributed by atoms with E-state index in [1.165, 1.54) is 10.4 Å². The second-order valence-corrected chi connectivity index (χ2v) is 6.76. The number of rotatable bonds is 7. The van der Waals surface area contributed by atoms with E-state index in [9.17, 15) is 13.2 Å². The highest BCUT2D eigenvalue weighted by molar-refractivity contribution is 7.89. The quantitative estimate of drug-likeness (QED) is 0.839. The number of carbonyl (C=O) groups excluding carboxylic acids is 1. The molecule has 0 aliphatic carbocycles. The van der Waals surface area contributed by atoms with Crippen molar-refractivity contribution in [2.75, 3.05) is 19.6 Å². The summed E-state index contributed by atoms with van der Waals surface area (Å²) in [5, 5.41) is 2.78. The van der Waals surface area contributed by atoms with Crippen molar-refractivity contribution in [1.29, 1.82) is 0 Å². The molecule has 0 bridgehead atoms. The van der Waals surface area contributed by atoms with Gasteiger partial charge in [-0.15, -0.1) is 0 Å². The fourth-order valence-corrected chi connectivity index (χ4v) is 3.54. The lowest BCUT2D eigenvalue weighted by Gasteiger charge is -2.19. The van der Waals surface area contributed by atoms with Crippen LogP contribution in [0.2, 0.25) is 0 Å². The van der Waals surface area contributed by atoms with Gasteiger partial charge in [0.15, 0.2) is 0 Å². The van der Waals surface area contributed by atoms with Crippen molar-refractivity contribution in [3.63, 3.8) is 0 Å². The summed E-state index contributed by atoms with van der Waals surface area (Å²) in [6.07, 6.45) is 0.836. The fraction of sp³-hybridized carbons (Fsp3) is 0.533. The van der Waals surface area contributed by atoms with Crippen LogP contribution in [-0.4, -0.2) is 38.3 Å². The van der Waals surface area contributed by atoms with E-state index in [2.05, 4.69) is 5.32 Å². The average molecular weight is 312 g/mol. The number of sulfonamides is 1. The van der Waals surface area contributed by atoms with Crippen molar-refractivity contribution in [3.05, 3.63) is 29.3 Å². The Morgan fingerprint density at radius 1 is 1.19 bits per heavy atom. The second-order valence-electron chi connectivity index (χ2n) is 4.82. The second kappa shape index (κ2) is 7.56. The molecule has 1 aromatic rings. The van der Waals surface area contributed by atoms with Crippen LogP contribution < -0.4 is 5.32 Å². The minimum absolute atomic E-state index is 0.165. The van der Waals surface area contributed by atoms with Crippen molar-refractivity contribution in [2.24, 2.45) is 0 Å². The third-order valence-electron chi connectivity index (χ3n) is 3.33. The van der Waals surface area contributed by atoms with Gasteiger partial charge in [-0.1, -0.05) is 26.8 Å². The minimum atomic E-state index is -3.54. The van der Waals surface area contributed by atoms with E-state index in [-0.39, 0.29) is 10.8 Å². The van der Waals surface area contributed by atoms with Gasteiger partial charge >= 0.3 is 0 Å². The third-order valence-corrected chi connectivity index (χ3v) is 5.38. The maximum absolute atomic E-state index is 12.5. The first-order chi connectivity index (χ1) is 9.88. The summed E-state index contributed by atoms with van der Waals surface area (Å²) in [4.78, 5) is 12.3. The summed E-state index contributed by atoms with van der Waals surface area (Å²) in [5.74, 6) is -0.231. The largest absolute Gasteiger partial charge is 0.352 e. The molecule has 1 amide bonds. The van der Waals surface area contributed by atoms with Gasteiger partial charge in [0.2, 0.25) is 10.0 Å². The smallest absolute Gasteiger partial charge is 0.251 e. The van der Waals surface area contributed by atoms with Crippen LogP contribution in [0, 0.1) is 6.92 Å². The van der Waals surface area contributed by atoms with Gasteiger partial charge in [0.25, 0.3) is 5.91 Å². The Bertz CT molecular complexity index is 593. The number of benzene rings is 1. The van der Waals surface area contributed by atoms with Crippen LogP contribution in [0.25, 0.3) is 0 Å². The molecule has 1 N–H and O–H groups in total. The summed E-state index contributed by atoms with van der Waals surface area (Å²) in [6, 6.07) is 4.70. The zero-order valence-corrected chi connectivity index (χ0v) is 14.0. The van der Waals surface area contributed by atoms with Crippen molar-refractivity contribution >= 4 is 15.9 Å². The lowest BCUT2D eigenvalue weighted by atomic mass is 10.1. The minimum Gasteiger partial charge on any atom is -0.352 e. The van der Waals surface area contributed by atoms with E-state index in [1.807, 2.05) is 6.92 Å². The van der Waals surface area contributed by atoms with Crippen LogP contribution in [0.15, 0.2) is 23.1 Å². The van der Waals surface area contributed by atoms with Crippen molar-refractivity contribution < 1.29 is 13.2 Å². The SMILES string of the molecule is CCCNC(=O)c1cc(S(=O)(=O)N(CC)CC)ccc1C. The Kier molecular flexibility index (Phi) is 6.36. The van der Waals surface area contributed by atoms with Crippen LogP contribution in [-0.2, 0) is 10.0 Å². The average Bonchev–Trinajstić information content (AvgIpc) is 2.46. The molecular formula is C15H24N2O3S. The molecule has 6 heteroatoms. The van der Waals surface area contributed by atoms with Gasteiger partial charge in [0.1, 0.15) is 0 Å². The molecule has 0 radical (unpaired) electrons. The molecule has 0 aliphatic heterocycles. The number of hydrogen-bond acceptors (Lipinski definition) is 3. The lowest BCUT2D eigenvalue weighted by molar-refractivity contribution is 0.0953. The molecule has 0 saturated carbocycles. The van der Waals surface area contributed by atoms with Gasteiger partial charge in [-0.3, -0.25) is 4.79 Å². The van der Waals surface area contributed by atoms with Crippen LogP contribution in [0.4, 0.5) is 0 Å². The van der Waals surface area contributed by atoms with Crippen molar-refractivity contribution in [1.82, 2.24) is 9.62 Å². The molecule has 0 saturated heterocycles. The molecule has 5 nitrogen and oxygen atoms in total. The number of amides is 1. The molecule has 0 unspecified atom stereocenters. The lowest BCUT2D eigenvalue weighted by Crippen LogP contribution is -2.31. The normalized spacial score (nSPS) is 11.7. The van der Waals surface area contributed by atoms with Gasteiger partial charge < -0.3 is 5.32 Å². The predicted octanol–water partition coefficient (Wildman–Crippen LogP) is 2.17. The molecule has 21 heavy (non-hydrogen) atoms. The Morgan fingerprint density at radius 2 is 1.81 bits per heavy atom. The molecule has 118 valence electrons. The van der Waals surface area contributed by atoms with Crippen LogP contribution in [0.3, 0.4) is 0 Å². The highest BCUT2D eigenvalue weighted by atomic mass is 32.2. The van der Waals surface area contributed by atoms with Crippen LogP contribution in [0.5, 0.6) is 0 Å². The zero-order chi connectivity index (χ0) is 16.0. The number of nitrogens with one attached hydrogen (secondary N) is 1. The fourth-order valence-electron chi connectivity index (χ4n) is 2.05. The summed E-state index contributed by atoms with van der Waals surface area (Å²) in [7, 11) is -3.54. The Labute approximate surface area is 127 Å². The summed E-state index contributed by atoms with van der Waals surface area (Å²) < 4.78 is 26.4. The van der Waals surface area contributed by atoms with E-state index in [0.717, 1.165) is 12.0 Å². The van der Waals surface area contributed by atoms with E-state index >= 15 is 0 Å². The molecule has 0 heterocycles. The van der Waals surface area contributed by atoms with E-state index in [4.69, 9.17) is 0 Å². The molecule has 0 fully saturated rings. The third kappa shape index (κ3) is 4.04. The number of carbonyl (C=O) groups is 1. The summed E-state index contributed by atoms with van der Waals surface area (Å²) in [6.45, 7) is 8.75. The highest BCUT2D eigenvalue weighted by Crippen LogP contribution is 2.19. The molecule has 1 aromatic carbocycles. The zero-order valence-electron chi connectivity index (χ0n) is 13.1. The predicted molar refractivity (Wildman–Crippen MR) is 83.9 cm³/mol. The summed E-state index contributed by atoms with van der Waals surface area (Å²) in [5.41, 5.74) is 1.18. The standard InChI is InChI=1S/C15H24N2O3S/c1-5-10-16-15(18)14-11-13(9-8-12(14)4)21(19,20)17(6-2)7-3/h8-9,11H,5-7,10H2,1-4H3,(H,16,18). The maximum Gasteiger partial charge on any atom is 0.251 e. The Balaban J connectivity index is 3.20. The van der Waals surface area contributed by atoms with E-state index < -0.39 is 10.0 Å². The molecule has 0 spiro atoms. The van der Waals surface area contributed by atoms with Crippen molar-refractivity contribution in [3.8, 4) is 0 Å². The maximum atomic E-state index is 12.5. The highest BCUT2D eigenvalue weighted by Gasteiger charge is 2.23. The Hall–Kier alpha value is -1.40. The first kappa shape index (κ1) is 17.7. The summed E-state index contributed by atoms with van der Waals surface area (Å²) >= 11 is 0. The Morgan fingerprint density at radius 3 is 2.33 bits per heavy atom. The van der Waals surface area contributed by atoms with Crippen LogP contribution in [0.1, 0.15) is 43.1 Å². The monoisotopic (exact) mass is 312 g/mol. The molecule has 1 rings (SSSR count). The van der Waals surface area contributed by atoms with E-state index in [0.29, 0.717) is 25.2 Å². The first-order valence-electron chi connectivity index (χ1n) is 7.27. The van der Waals surface area contributed by atoms with Gasteiger partial charge in [-0.25, -0.2) is 8.42 Å². The first-order valence-corrected chi connectivity index (χ1v) is 8.71. The van der Waals surface area contributed by atoms with Gasteiger partial charge in [0.05, 0.1) is 4.90 Å². The molecular weight excluding hydrogens is 288 g/mol. The van der Waals surface area contributed by atoms with Gasteiger partial charge in [0, 0.05) is 25.2 Å². The number of nitrogens with zero attached hydrogens (tertiary/aromatic N) is 1. The van der Waals surface area contributed by atoms with E-state index in [1.54, 1.807) is 32.9 Å². The van der Waals surface area contributed by atoms with Crippen molar-refractivity contribution in [2.45, 2.75) is 39.0 Å². The van der Waals surface area contributed by atoms with Gasteiger partial charge in [-0.2, -0.15) is 4.31 Å². The number of hydrogen-bond donors (Lipinski definition) is 1. The van der Waals surface area contributed by atoms with Crippen LogP contribution >= 0.6 is 0 Å². The number of aryl methyl sites for hydroxylation is 1. The van der Waals surface area contributed by atoms with Gasteiger partial charge in [-0.05, 0) is 31.0 Å². The topological polar surface area (TPSA) is 66.5 Å².